The molecule has 0 fully saturated rings. The second-order valence-electron chi connectivity index (χ2n) is 4.57. The van der Waals surface area contributed by atoms with Crippen molar-refractivity contribution >= 4 is 5.91 Å². The van der Waals surface area contributed by atoms with Crippen LogP contribution in [0.25, 0.3) is 0 Å². The van der Waals surface area contributed by atoms with Crippen LogP contribution >= 0.6 is 0 Å². The van der Waals surface area contributed by atoms with E-state index in [9.17, 15) is 4.79 Å². The Morgan fingerprint density at radius 3 is 2.53 bits per heavy atom. The molecule has 0 saturated carbocycles. The highest BCUT2D eigenvalue weighted by atomic mass is 16.5. The molecule has 1 aromatic rings. The average molecular weight is 235 g/mol. The molecule has 0 radical (unpaired) electrons. The van der Waals surface area contributed by atoms with Crippen LogP contribution in [0.15, 0.2) is 24.3 Å². The molecule has 17 heavy (non-hydrogen) atoms. The van der Waals surface area contributed by atoms with Gasteiger partial charge in [-0.15, -0.1) is 0 Å². The van der Waals surface area contributed by atoms with Crippen LogP contribution in [-0.2, 0) is 11.2 Å². The van der Waals surface area contributed by atoms with E-state index >= 15 is 0 Å². The van der Waals surface area contributed by atoms with Gasteiger partial charge >= 0.3 is 0 Å². The topological polar surface area (TPSA) is 38.3 Å². The van der Waals surface area contributed by atoms with E-state index in [1.54, 1.807) is 14.0 Å². The summed E-state index contributed by atoms with van der Waals surface area (Å²) < 4.78 is 5.32. The lowest BCUT2D eigenvalue weighted by atomic mass is 9.96. The zero-order chi connectivity index (χ0) is 12.8. The number of para-hydroxylation sites is 1. The zero-order valence-electron chi connectivity index (χ0n) is 11.0. The van der Waals surface area contributed by atoms with Gasteiger partial charge in [0.2, 0.25) is 5.91 Å². The minimum absolute atomic E-state index is 0.0126. The molecule has 3 nitrogen and oxygen atoms in total. The van der Waals surface area contributed by atoms with E-state index in [-0.39, 0.29) is 11.9 Å². The van der Waals surface area contributed by atoms with Gasteiger partial charge in [-0.3, -0.25) is 4.79 Å². The quantitative estimate of drug-likeness (QED) is 0.851. The third-order valence-corrected chi connectivity index (χ3v) is 2.83. The summed E-state index contributed by atoms with van der Waals surface area (Å²) in [7, 11) is 1.67. The summed E-state index contributed by atoms with van der Waals surface area (Å²) in [4.78, 5) is 11.2. The summed E-state index contributed by atoms with van der Waals surface area (Å²) in [6, 6.07) is 8.06. The molecule has 0 aliphatic carbocycles. The van der Waals surface area contributed by atoms with E-state index in [0.29, 0.717) is 5.92 Å². The number of methoxy groups -OCH3 is 1. The van der Waals surface area contributed by atoms with Gasteiger partial charge in [-0.1, -0.05) is 32.0 Å². The van der Waals surface area contributed by atoms with Crippen molar-refractivity contribution in [3.63, 3.8) is 0 Å². The lowest BCUT2D eigenvalue weighted by molar-refractivity contribution is -0.119. The van der Waals surface area contributed by atoms with Crippen molar-refractivity contribution in [2.24, 2.45) is 5.92 Å². The number of hydrogen-bond donors (Lipinski definition) is 1. The Bertz CT molecular complexity index is 374. The van der Waals surface area contributed by atoms with Crippen molar-refractivity contribution in [2.45, 2.75) is 33.2 Å². The standard InChI is InChI=1S/C14H21NO2/c1-10(2)13(15-11(3)16)9-12-7-5-6-8-14(12)17-4/h5-8,10,13H,9H2,1-4H3,(H,15,16)/t13-/m1/s1. The normalized spacial score (nSPS) is 12.3. The first kappa shape index (κ1) is 13.6. The molecule has 94 valence electrons. The van der Waals surface area contributed by atoms with Crippen molar-refractivity contribution in [2.75, 3.05) is 7.11 Å². The summed E-state index contributed by atoms with van der Waals surface area (Å²) >= 11 is 0. The zero-order valence-corrected chi connectivity index (χ0v) is 11.0. The molecule has 0 aromatic heterocycles. The third-order valence-electron chi connectivity index (χ3n) is 2.83. The summed E-state index contributed by atoms with van der Waals surface area (Å²) in [6.45, 7) is 5.77. The molecule has 0 aliphatic heterocycles. The summed E-state index contributed by atoms with van der Waals surface area (Å²) in [6.07, 6.45) is 0.793. The Kier molecular flexibility index (Phi) is 5.01. The van der Waals surface area contributed by atoms with Crippen LogP contribution in [0.4, 0.5) is 0 Å². The van der Waals surface area contributed by atoms with Crippen LogP contribution in [0.2, 0.25) is 0 Å². The van der Waals surface area contributed by atoms with Gasteiger partial charge in [0, 0.05) is 13.0 Å². The van der Waals surface area contributed by atoms with Crippen LogP contribution < -0.4 is 10.1 Å². The third kappa shape index (κ3) is 4.10. The molecule has 3 heteroatoms. The first-order valence-corrected chi connectivity index (χ1v) is 5.93. The molecule has 0 unspecified atom stereocenters. The minimum atomic E-state index is 0.0126. The largest absolute Gasteiger partial charge is 0.496 e. The summed E-state index contributed by atoms with van der Waals surface area (Å²) in [5.41, 5.74) is 1.13. The maximum Gasteiger partial charge on any atom is 0.217 e. The number of nitrogens with one attached hydrogen (secondary N) is 1. The molecular formula is C14H21NO2. The fourth-order valence-electron chi connectivity index (χ4n) is 1.82. The fraction of sp³-hybridized carbons (Fsp3) is 0.500. The van der Waals surface area contributed by atoms with Crippen molar-refractivity contribution in [1.82, 2.24) is 5.32 Å². The van der Waals surface area contributed by atoms with Crippen molar-refractivity contribution in [3.05, 3.63) is 29.8 Å². The van der Waals surface area contributed by atoms with Gasteiger partial charge < -0.3 is 10.1 Å². The molecule has 0 saturated heterocycles. The molecule has 1 rings (SSSR count). The van der Waals surface area contributed by atoms with Crippen LogP contribution in [0.5, 0.6) is 5.75 Å². The van der Waals surface area contributed by atoms with Crippen molar-refractivity contribution < 1.29 is 9.53 Å². The molecule has 1 aromatic carbocycles. The molecule has 0 heterocycles. The van der Waals surface area contributed by atoms with Gasteiger partial charge in [0.15, 0.2) is 0 Å². The van der Waals surface area contributed by atoms with Crippen LogP contribution in [0.1, 0.15) is 26.3 Å². The highest BCUT2D eigenvalue weighted by molar-refractivity contribution is 5.73. The average Bonchev–Trinajstić information content (AvgIpc) is 2.28. The Morgan fingerprint density at radius 1 is 1.35 bits per heavy atom. The molecule has 0 aliphatic rings. The number of rotatable bonds is 5. The van der Waals surface area contributed by atoms with Gasteiger partial charge in [-0.2, -0.15) is 0 Å². The molecule has 1 atom stereocenters. The number of benzene rings is 1. The Labute approximate surface area is 103 Å². The summed E-state index contributed by atoms with van der Waals surface area (Å²) in [5.74, 6) is 1.28. The van der Waals surface area contributed by atoms with E-state index < -0.39 is 0 Å². The smallest absolute Gasteiger partial charge is 0.217 e. The molecule has 0 bridgehead atoms. The van der Waals surface area contributed by atoms with Crippen molar-refractivity contribution in [3.8, 4) is 5.75 Å². The van der Waals surface area contributed by atoms with E-state index in [4.69, 9.17) is 4.74 Å². The maximum atomic E-state index is 11.2. The number of carbonyl (C=O) groups excluding carboxylic acids is 1. The number of carbonyl (C=O) groups is 1. The van der Waals surface area contributed by atoms with Gasteiger partial charge in [-0.05, 0) is 24.0 Å². The van der Waals surface area contributed by atoms with Gasteiger partial charge in [0.25, 0.3) is 0 Å². The maximum absolute atomic E-state index is 11.2. The molecule has 1 amide bonds. The van der Waals surface area contributed by atoms with Crippen LogP contribution in [0, 0.1) is 5.92 Å². The van der Waals surface area contributed by atoms with Crippen LogP contribution in [0.3, 0.4) is 0 Å². The predicted molar refractivity (Wildman–Crippen MR) is 69.1 cm³/mol. The minimum Gasteiger partial charge on any atom is -0.496 e. The molecule has 1 N–H and O–H groups in total. The predicted octanol–water partition coefficient (Wildman–Crippen LogP) is 2.40. The number of ether oxygens (including phenoxy) is 1. The fourth-order valence-corrected chi connectivity index (χ4v) is 1.82. The monoisotopic (exact) mass is 235 g/mol. The Hall–Kier alpha value is -1.51. The Morgan fingerprint density at radius 2 is 2.00 bits per heavy atom. The van der Waals surface area contributed by atoms with Gasteiger partial charge in [0.1, 0.15) is 5.75 Å². The van der Waals surface area contributed by atoms with E-state index in [2.05, 4.69) is 19.2 Å². The lowest BCUT2D eigenvalue weighted by Crippen LogP contribution is -2.38. The van der Waals surface area contributed by atoms with E-state index in [1.807, 2.05) is 24.3 Å². The van der Waals surface area contributed by atoms with Gasteiger partial charge in [0.05, 0.1) is 7.11 Å². The van der Waals surface area contributed by atoms with E-state index in [0.717, 1.165) is 17.7 Å². The highest BCUT2D eigenvalue weighted by Crippen LogP contribution is 2.20. The van der Waals surface area contributed by atoms with Crippen molar-refractivity contribution in [1.29, 1.82) is 0 Å². The Balaban J connectivity index is 2.81. The summed E-state index contributed by atoms with van der Waals surface area (Å²) in [5, 5.41) is 2.98. The second-order valence-corrected chi connectivity index (χ2v) is 4.57. The first-order valence-electron chi connectivity index (χ1n) is 5.93. The first-order chi connectivity index (χ1) is 8.04. The molecular weight excluding hydrogens is 214 g/mol. The SMILES string of the molecule is COc1ccccc1C[C@@H](NC(C)=O)C(C)C. The lowest BCUT2D eigenvalue weighted by Gasteiger charge is -2.22. The van der Waals surface area contributed by atoms with Gasteiger partial charge in [-0.25, -0.2) is 0 Å². The highest BCUT2D eigenvalue weighted by Gasteiger charge is 2.16. The van der Waals surface area contributed by atoms with Crippen LogP contribution in [-0.4, -0.2) is 19.1 Å². The van der Waals surface area contributed by atoms with E-state index in [1.165, 1.54) is 0 Å². The molecule has 0 spiro atoms. The number of amides is 1. The number of hydrogen-bond acceptors (Lipinski definition) is 2. The second kappa shape index (κ2) is 6.28.